The van der Waals surface area contributed by atoms with Gasteiger partial charge in [-0.15, -0.1) is 0 Å². The second-order valence-electron chi connectivity index (χ2n) is 6.67. The van der Waals surface area contributed by atoms with Gasteiger partial charge in [-0.05, 0) is 29.7 Å². The molecule has 2 aromatic rings. The molecule has 3 fully saturated rings. The van der Waals surface area contributed by atoms with Crippen molar-refractivity contribution in [3.63, 3.8) is 0 Å². The fourth-order valence-corrected chi connectivity index (χ4v) is 5.41. The second-order valence-corrected chi connectivity index (χ2v) is 8.44. The normalized spacial score (nSPS) is 28.7. The Labute approximate surface area is 163 Å². The van der Waals surface area contributed by atoms with E-state index in [4.69, 9.17) is 14.2 Å². The topological polar surface area (TPSA) is 78.0 Å². The van der Waals surface area contributed by atoms with Crippen LogP contribution in [0.1, 0.15) is 12.8 Å². The molecule has 9 heteroatoms. The third-order valence-corrected chi connectivity index (χ3v) is 6.76. The Balaban J connectivity index is 1.47. The van der Waals surface area contributed by atoms with Gasteiger partial charge >= 0.3 is 17.8 Å². The first-order valence-electron chi connectivity index (χ1n) is 8.68. The third-order valence-electron chi connectivity index (χ3n) is 5.14. The van der Waals surface area contributed by atoms with Gasteiger partial charge in [-0.1, -0.05) is 11.3 Å². The first kappa shape index (κ1) is 16.9. The van der Waals surface area contributed by atoms with Gasteiger partial charge in [0.15, 0.2) is 6.10 Å². The summed E-state index contributed by atoms with van der Waals surface area (Å²) in [4.78, 5) is 31.5. The molecule has 1 spiro atoms. The number of carbonyl (C=O) groups excluding carboxylic acids is 2. The van der Waals surface area contributed by atoms with Crippen LogP contribution >= 0.6 is 22.7 Å². The van der Waals surface area contributed by atoms with E-state index in [0.29, 0.717) is 18.3 Å². The Morgan fingerprint density at radius 2 is 1.93 bits per heavy atom. The molecular weight excluding hydrogens is 388 g/mol. The summed E-state index contributed by atoms with van der Waals surface area (Å²) in [6.45, 7) is 1.37. The van der Waals surface area contributed by atoms with Crippen LogP contribution in [0.25, 0.3) is 10.4 Å². The first-order chi connectivity index (χ1) is 13.1. The number of rotatable bonds is 3. The van der Waals surface area contributed by atoms with E-state index in [2.05, 4.69) is 4.98 Å². The van der Waals surface area contributed by atoms with E-state index in [1.807, 2.05) is 21.7 Å². The van der Waals surface area contributed by atoms with Crippen molar-refractivity contribution >= 4 is 34.6 Å². The standard InChI is InChI=1S/C18H16N2O5S2/c21-14-1-2-15(22)25-18(24-14)16(11-3-6-20(18)7-4-11)23-17-19-9-13(27-17)12-5-8-26-10-12/h1-2,5,8-11,16H,3-4,6-7H2. The van der Waals surface area contributed by atoms with Gasteiger partial charge in [-0.2, -0.15) is 11.3 Å². The summed E-state index contributed by atoms with van der Waals surface area (Å²) in [5.41, 5.74) is 1.09. The van der Waals surface area contributed by atoms with Crippen LogP contribution in [-0.2, 0) is 19.1 Å². The van der Waals surface area contributed by atoms with Gasteiger partial charge in [0.05, 0.1) is 4.88 Å². The summed E-state index contributed by atoms with van der Waals surface area (Å²) in [6.07, 6.45) is 5.11. The summed E-state index contributed by atoms with van der Waals surface area (Å²) in [5, 5.41) is 4.53. The Kier molecular flexibility index (Phi) is 4.03. The number of aromatic nitrogens is 1. The second kappa shape index (κ2) is 6.43. The summed E-state index contributed by atoms with van der Waals surface area (Å²) in [6, 6.07) is 2.03. The van der Waals surface area contributed by atoms with Crippen LogP contribution in [0, 0.1) is 5.92 Å². The van der Waals surface area contributed by atoms with Gasteiger partial charge in [0.2, 0.25) is 0 Å². The molecule has 0 aliphatic carbocycles. The molecule has 0 radical (unpaired) electrons. The highest BCUT2D eigenvalue weighted by Gasteiger charge is 2.62. The monoisotopic (exact) mass is 404 g/mol. The maximum atomic E-state index is 12.1. The summed E-state index contributed by atoms with van der Waals surface area (Å²) in [5.74, 6) is -2.64. The van der Waals surface area contributed by atoms with E-state index in [0.717, 1.165) is 35.4 Å². The number of carbonyl (C=O) groups is 2. The quantitative estimate of drug-likeness (QED) is 0.728. The molecule has 3 saturated heterocycles. The lowest BCUT2D eigenvalue weighted by Crippen LogP contribution is -2.71. The van der Waals surface area contributed by atoms with E-state index in [1.165, 1.54) is 11.3 Å². The molecule has 4 aliphatic heterocycles. The minimum atomic E-state index is -1.53. The van der Waals surface area contributed by atoms with Crippen molar-refractivity contribution < 1.29 is 23.8 Å². The summed E-state index contributed by atoms with van der Waals surface area (Å²) < 4.78 is 17.4. The molecule has 0 amide bonds. The predicted octanol–water partition coefficient (Wildman–Crippen LogP) is 2.65. The molecule has 0 N–H and O–H groups in total. The molecule has 1 atom stereocenters. The van der Waals surface area contributed by atoms with Gasteiger partial charge in [-0.3, -0.25) is 0 Å². The Bertz CT molecular complexity index is 879. The highest BCUT2D eigenvalue weighted by atomic mass is 32.1. The predicted molar refractivity (Wildman–Crippen MR) is 98.2 cm³/mol. The van der Waals surface area contributed by atoms with Crippen LogP contribution in [0.5, 0.6) is 5.19 Å². The molecule has 7 nitrogen and oxygen atoms in total. The third kappa shape index (κ3) is 2.86. The van der Waals surface area contributed by atoms with Crippen molar-refractivity contribution in [3.8, 4) is 15.6 Å². The number of thiazole rings is 1. The molecule has 6 rings (SSSR count). The molecule has 1 unspecified atom stereocenters. The average molecular weight is 404 g/mol. The number of esters is 2. The van der Waals surface area contributed by atoms with Gasteiger partial charge in [0.25, 0.3) is 5.19 Å². The number of thiophene rings is 1. The highest BCUT2D eigenvalue weighted by molar-refractivity contribution is 7.17. The highest BCUT2D eigenvalue weighted by Crippen LogP contribution is 2.45. The van der Waals surface area contributed by atoms with Crippen molar-refractivity contribution in [1.29, 1.82) is 0 Å². The van der Waals surface area contributed by atoms with Gasteiger partial charge in [0, 0.05) is 42.9 Å². The maximum absolute atomic E-state index is 12.1. The van der Waals surface area contributed by atoms with Crippen LogP contribution < -0.4 is 4.74 Å². The number of fused-ring (bicyclic) bond motifs is 2. The zero-order valence-electron chi connectivity index (χ0n) is 14.2. The Hall–Kier alpha value is -2.23. The number of hydrogen-bond acceptors (Lipinski definition) is 9. The van der Waals surface area contributed by atoms with Crippen LogP contribution in [0.2, 0.25) is 0 Å². The lowest BCUT2D eigenvalue weighted by atomic mass is 9.82. The van der Waals surface area contributed by atoms with Crippen molar-refractivity contribution in [2.24, 2.45) is 5.92 Å². The number of nitrogens with zero attached hydrogens (tertiary/aromatic N) is 2. The van der Waals surface area contributed by atoms with Gasteiger partial charge in [-0.25, -0.2) is 19.5 Å². The SMILES string of the molecule is O=C1C=CC(=O)OC2(O1)C(Oc1ncc(-c3ccsc3)s1)C1CCN2CC1. The number of hydrogen-bond donors (Lipinski definition) is 0. The van der Waals surface area contributed by atoms with E-state index in [1.54, 1.807) is 17.5 Å². The average Bonchev–Trinajstić information content (AvgIpc) is 3.32. The van der Waals surface area contributed by atoms with Crippen molar-refractivity contribution in [2.75, 3.05) is 13.1 Å². The van der Waals surface area contributed by atoms with Crippen LogP contribution in [0.4, 0.5) is 0 Å². The van der Waals surface area contributed by atoms with Crippen molar-refractivity contribution in [2.45, 2.75) is 24.9 Å². The van der Waals surface area contributed by atoms with E-state index in [9.17, 15) is 9.59 Å². The minimum Gasteiger partial charge on any atom is -0.456 e. The smallest absolute Gasteiger partial charge is 0.359 e. The number of piperidine rings is 3. The fourth-order valence-electron chi connectivity index (χ4n) is 3.88. The van der Waals surface area contributed by atoms with Crippen LogP contribution in [0.3, 0.4) is 0 Å². The zero-order valence-corrected chi connectivity index (χ0v) is 15.8. The number of ether oxygens (including phenoxy) is 3. The Morgan fingerprint density at radius 3 is 2.59 bits per heavy atom. The Morgan fingerprint density at radius 1 is 1.19 bits per heavy atom. The molecule has 4 aliphatic rings. The van der Waals surface area contributed by atoms with Crippen LogP contribution in [-0.4, -0.2) is 46.9 Å². The van der Waals surface area contributed by atoms with Crippen molar-refractivity contribution in [3.05, 3.63) is 35.2 Å². The summed E-state index contributed by atoms with van der Waals surface area (Å²) >= 11 is 3.04. The fraction of sp³-hybridized carbons (Fsp3) is 0.389. The molecule has 27 heavy (non-hydrogen) atoms. The van der Waals surface area contributed by atoms with Gasteiger partial charge in [0.1, 0.15) is 0 Å². The molecule has 140 valence electrons. The lowest BCUT2D eigenvalue weighted by molar-refractivity contribution is -0.348. The molecule has 6 heterocycles. The van der Waals surface area contributed by atoms with Crippen LogP contribution in [0.15, 0.2) is 35.2 Å². The first-order valence-corrected chi connectivity index (χ1v) is 10.4. The zero-order chi connectivity index (χ0) is 18.4. The van der Waals surface area contributed by atoms with Gasteiger partial charge < -0.3 is 14.2 Å². The lowest BCUT2D eigenvalue weighted by Gasteiger charge is -2.54. The largest absolute Gasteiger partial charge is 0.456 e. The molecule has 2 bridgehead atoms. The molecule has 0 aromatic carbocycles. The minimum absolute atomic E-state index is 0.113. The molecule has 0 saturated carbocycles. The molecule has 2 aromatic heterocycles. The summed E-state index contributed by atoms with van der Waals surface area (Å²) in [7, 11) is 0. The van der Waals surface area contributed by atoms with E-state index < -0.39 is 24.0 Å². The maximum Gasteiger partial charge on any atom is 0.359 e. The van der Waals surface area contributed by atoms with E-state index >= 15 is 0 Å². The van der Waals surface area contributed by atoms with Crippen molar-refractivity contribution in [1.82, 2.24) is 9.88 Å². The molecular formula is C18H16N2O5S2. The van der Waals surface area contributed by atoms with E-state index in [-0.39, 0.29) is 5.92 Å².